The highest BCUT2D eigenvalue weighted by molar-refractivity contribution is 7.08. The zero-order valence-electron chi connectivity index (χ0n) is 10.1. The average molecular weight is 261 g/mol. The molecule has 1 heterocycles. The number of nitrogens with two attached hydrogens (primary N) is 1. The number of amidine groups is 1. The minimum atomic E-state index is 0.135. The second kappa shape index (κ2) is 5.55. The standard InChI is InChI=1S/C13H15N3OS/c1-9-6-10(13(14)16-17)2-3-11(9)7-15-12-4-5-18-8-12/h2-6,8,15,17H,7H2,1H3,(H2,14,16). The van der Waals surface area contributed by atoms with Crippen molar-refractivity contribution in [3.05, 3.63) is 51.7 Å². The molecule has 2 rings (SSSR count). The van der Waals surface area contributed by atoms with Gasteiger partial charge in [-0.25, -0.2) is 0 Å². The molecule has 0 saturated heterocycles. The summed E-state index contributed by atoms with van der Waals surface area (Å²) in [5.74, 6) is 0.135. The first-order valence-corrected chi connectivity index (χ1v) is 6.48. The van der Waals surface area contributed by atoms with Crippen molar-refractivity contribution in [2.45, 2.75) is 13.5 Å². The van der Waals surface area contributed by atoms with Crippen molar-refractivity contribution < 1.29 is 5.21 Å². The van der Waals surface area contributed by atoms with Crippen molar-refractivity contribution in [2.24, 2.45) is 10.9 Å². The lowest BCUT2D eigenvalue weighted by atomic mass is 10.0. The van der Waals surface area contributed by atoms with E-state index in [2.05, 4.69) is 15.9 Å². The van der Waals surface area contributed by atoms with Gasteiger partial charge >= 0.3 is 0 Å². The number of nitrogens with zero attached hydrogens (tertiary/aromatic N) is 1. The van der Waals surface area contributed by atoms with Gasteiger partial charge in [-0.1, -0.05) is 17.3 Å². The summed E-state index contributed by atoms with van der Waals surface area (Å²) in [4.78, 5) is 0. The number of aryl methyl sites for hydroxylation is 1. The molecular weight excluding hydrogens is 246 g/mol. The van der Waals surface area contributed by atoms with E-state index in [4.69, 9.17) is 10.9 Å². The molecule has 0 unspecified atom stereocenters. The largest absolute Gasteiger partial charge is 0.409 e. The highest BCUT2D eigenvalue weighted by Crippen LogP contribution is 2.16. The summed E-state index contributed by atoms with van der Waals surface area (Å²) in [5.41, 5.74) is 9.71. The molecule has 94 valence electrons. The van der Waals surface area contributed by atoms with E-state index in [9.17, 15) is 0 Å². The van der Waals surface area contributed by atoms with E-state index in [-0.39, 0.29) is 5.84 Å². The Bertz CT molecular complexity index is 549. The number of benzene rings is 1. The number of anilines is 1. The quantitative estimate of drug-likeness (QED) is 0.343. The van der Waals surface area contributed by atoms with E-state index < -0.39 is 0 Å². The number of hydrogen-bond donors (Lipinski definition) is 3. The maximum absolute atomic E-state index is 8.63. The van der Waals surface area contributed by atoms with Gasteiger partial charge in [0.1, 0.15) is 0 Å². The summed E-state index contributed by atoms with van der Waals surface area (Å²) in [7, 11) is 0. The van der Waals surface area contributed by atoms with E-state index in [1.165, 1.54) is 5.56 Å². The Morgan fingerprint density at radius 1 is 1.44 bits per heavy atom. The summed E-state index contributed by atoms with van der Waals surface area (Å²) in [5, 5.41) is 19.1. The summed E-state index contributed by atoms with van der Waals surface area (Å²) < 4.78 is 0. The fourth-order valence-electron chi connectivity index (χ4n) is 1.67. The summed E-state index contributed by atoms with van der Waals surface area (Å²) in [6, 6.07) is 7.80. The van der Waals surface area contributed by atoms with E-state index in [0.29, 0.717) is 0 Å². The van der Waals surface area contributed by atoms with Crippen LogP contribution in [0.5, 0.6) is 0 Å². The minimum absolute atomic E-state index is 0.135. The molecule has 18 heavy (non-hydrogen) atoms. The first-order valence-electron chi connectivity index (χ1n) is 5.54. The molecule has 0 amide bonds. The number of hydrogen-bond acceptors (Lipinski definition) is 4. The Labute approximate surface area is 110 Å². The predicted octanol–water partition coefficient (Wildman–Crippen LogP) is 2.76. The van der Waals surface area contributed by atoms with Crippen LogP contribution < -0.4 is 11.1 Å². The van der Waals surface area contributed by atoms with Gasteiger partial charge in [0.25, 0.3) is 0 Å². The molecular formula is C13H15N3OS. The van der Waals surface area contributed by atoms with Gasteiger partial charge in [-0.05, 0) is 35.6 Å². The van der Waals surface area contributed by atoms with Gasteiger partial charge in [-0.3, -0.25) is 0 Å². The molecule has 0 spiro atoms. The first-order chi connectivity index (χ1) is 8.70. The fraction of sp³-hybridized carbons (Fsp3) is 0.154. The second-order valence-electron chi connectivity index (χ2n) is 3.99. The summed E-state index contributed by atoms with van der Waals surface area (Å²) >= 11 is 1.67. The Balaban J connectivity index is 2.10. The number of oxime groups is 1. The molecule has 0 aliphatic heterocycles. The van der Waals surface area contributed by atoms with Crippen molar-refractivity contribution in [3.8, 4) is 0 Å². The Morgan fingerprint density at radius 3 is 2.89 bits per heavy atom. The third-order valence-corrected chi connectivity index (χ3v) is 3.43. The van der Waals surface area contributed by atoms with Gasteiger partial charge in [0.15, 0.2) is 5.84 Å². The highest BCUT2D eigenvalue weighted by atomic mass is 32.1. The monoisotopic (exact) mass is 261 g/mol. The molecule has 1 aromatic carbocycles. The van der Waals surface area contributed by atoms with Gasteiger partial charge < -0.3 is 16.3 Å². The molecule has 1 aromatic heterocycles. The van der Waals surface area contributed by atoms with Gasteiger partial charge in [0.05, 0.1) is 0 Å². The normalized spacial score (nSPS) is 11.5. The van der Waals surface area contributed by atoms with Gasteiger partial charge in [-0.2, -0.15) is 11.3 Å². The molecule has 4 N–H and O–H groups in total. The van der Waals surface area contributed by atoms with E-state index in [1.807, 2.05) is 36.6 Å². The smallest absolute Gasteiger partial charge is 0.170 e. The maximum atomic E-state index is 8.63. The third kappa shape index (κ3) is 2.81. The zero-order chi connectivity index (χ0) is 13.0. The number of nitrogens with one attached hydrogen (secondary N) is 1. The molecule has 0 atom stereocenters. The van der Waals surface area contributed by atoms with Crippen molar-refractivity contribution in [1.29, 1.82) is 0 Å². The van der Waals surface area contributed by atoms with E-state index >= 15 is 0 Å². The third-order valence-electron chi connectivity index (χ3n) is 2.75. The van der Waals surface area contributed by atoms with Crippen LogP contribution in [0, 0.1) is 6.92 Å². The zero-order valence-corrected chi connectivity index (χ0v) is 10.9. The fourth-order valence-corrected chi connectivity index (χ4v) is 2.29. The van der Waals surface area contributed by atoms with Crippen LogP contribution in [0.2, 0.25) is 0 Å². The molecule has 4 nitrogen and oxygen atoms in total. The molecule has 0 saturated carbocycles. The Hall–Kier alpha value is -2.01. The molecule has 2 aromatic rings. The van der Waals surface area contributed by atoms with Gasteiger partial charge in [0, 0.05) is 23.2 Å². The van der Waals surface area contributed by atoms with Crippen molar-refractivity contribution in [2.75, 3.05) is 5.32 Å². The van der Waals surface area contributed by atoms with Gasteiger partial charge in [-0.15, -0.1) is 0 Å². The Kier molecular flexibility index (Phi) is 3.84. The average Bonchev–Trinajstić information content (AvgIpc) is 2.89. The second-order valence-corrected chi connectivity index (χ2v) is 4.77. The van der Waals surface area contributed by atoms with E-state index in [1.54, 1.807) is 11.3 Å². The van der Waals surface area contributed by atoms with Crippen LogP contribution in [-0.2, 0) is 6.54 Å². The molecule has 0 aliphatic carbocycles. The van der Waals surface area contributed by atoms with Crippen molar-refractivity contribution >= 4 is 22.9 Å². The minimum Gasteiger partial charge on any atom is -0.409 e. The van der Waals surface area contributed by atoms with Crippen molar-refractivity contribution in [1.82, 2.24) is 0 Å². The predicted molar refractivity (Wildman–Crippen MR) is 75.3 cm³/mol. The van der Waals surface area contributed by atoms with Crippen LogP contribution >= 0.6 is 11.3 Å². The summed E-state index contributed by atoms with van der Waals surface area (Å²) in [6.45, 7) is 2.78. The molecule has 0 fully saturated rings. The SMILES string of the molecule is Cc1cc(/C(N)=N/O)ccc1CNc1ccsc1. The molecule has 0 radical (unpaired) electrons. The number of rotatable bonds is 4. The van der Waals surface area contributed by atoms with Gasteiger partial charge in [0.2, 0.25) is 0 Å². The topological polar surface area (TPSA) is 70.6 Å². The maximum Gasteiger partial charge on any atom is 0.170 e. The Morgan fingerprint density at radius 2 is 2.28 bits per heavy atom. The van der Waals surface area contributed by atoms with E-state index in [0.717, 1.165) is 23.4 Å². The van der Waals surface area contributed by atoms with Crippen LogP contribution in [0.15, 0.2) is 40.2 Å². The summed E-state index contributed by atoms with van der Waals surface area (Å²) in [6.07, 6.45) is 0. The van der Waals surface area contributed by atoms with Crippen LogP contribution in [0.4, 0.5) is 5.69 Å². The lowest BCUT2D eigenvalue weighted by molar-refractivity contribution is 0.318. The van der Waals surface area contributed by atoms with Crippen LogP contribution in [0.1, 0.15) is 16.7 Å². The van der Waals surface area contributed by atoms with Crippen molar-refractivity contribution in [3.63, 3.8) is 0 Å². The molecule has 5 heteroatoms. The van der Waals surface area contributed by atoms with Crippen LogP contribution in [0.25, 0.3) is 0 Å². The number of thiophene rings is 1. The first kappa shape index (κ1) is 12.4. The molecule has 0 bridgehead atoms. The lowest BCUT2D eigenvalue weighted by Gasteiger charge is -2.09. The highest BCUT2D eigenvalue weighted by Gasteiger charge is 2.03. The van der Waals surface area contributed by atoms with Crippen LogP contribution in [0.3, 0.4) is 0 Å². The lowest BCUT2D eigenvalue weighted by Crippen LogP contribution is -2.13. The van der Waals surface area contributed by atoms with Crippen LogP contribution in [-0.4, -0.2) is 11.0 Å². The molecule has 0 aliphatic rings.